The second-order valence-electron chi connectivity index (χ2n) is 6.85. The van der Waals surface area contributed by atoms with E-state index in [4.69, 9.17) is 2.74 Å². The highest BCUT2D eigenvalue weighted by atomic mass is 16.2. The molecule has 0 atom stereocenters. The highest BCUT2D eigenvalue weighted by Crippen LogP contribution is 2.14. The monoisotopic (exact) mass is 430 g/mol. The third kappa shape index (κ3) is 5.17. The summed E-state index contributed by atoms with van der Waals surface area (Å²) in [6.07, 6.45) is 1.09. The van der Waals surface area contributed by atoms with Gasteiger partial charge in [0.2, 0.25) is 5.82 Å². The first kappa shape index (κ1) is 18.3. The molecule has 2 amide bonds. The number of nitrogens with zero attached hydrogens (tertiary/aromatic N) is 5. The lowest BCUT2D eigenvalue weighted by molar-refractivity contribution is 0.0944. The predicted octanol–water partition coefficient (Wildman–Crippen LogP) is 1.83. The molecule has 0 aliphatic carbocycles. The van der Waals surface area contributed by atoms with Gasteiger partial charge in [-0.15, -0.1) is 10.2 Å². The van der Waals surface area contributed by atoms with E-state index in [0.717, 1.165) is 23.0 Å². The van der Waals surface area contributed by atoms with Crippen LogP contribution in [0.25, 0.3) is 11.4 Å². The van der Waals surface area contributed by atoms with Crippen molar-refractivity contribution in [3.05, 3.63) is 89.0 Å². The van der Waals surface area contributed by atoms with Crippen LogP contribution in [0.1, 0.15) is 40.4 Å². The van der Waals surface area contributed by atoms with Crippen molar-refractivity contribution in [2.75, 3.05) is 0 Å². The number of carbonyl (C=O) groups is 2. The molecule has 0 unspecified atom stereocenters. The fourth-order valence-corrected chi connectivity index (χ4v) is 2.85. The lowest BCUT2D eigenvalue weighted by atomic mass is 10.1. The summed E-state index contributed by atoms with van der Waals surface area (Å²) in [7, 11) is 0. The molecule has 0 aliphatic rings. The highest BCUT2D eigenvalue weighted by Gasteiger charge is 2.13. The van der Waals surface area contributed by atoms with Crippen molar-refractivity contribution in [1.82, 2.24) is 41.2 Å². The SMILES string of the molecule is [2H]C([2H])(NC(=O)c1cc(C(=O)NCc2ccc(-c3nn[nH]n3)cc2)ncn1)c1cccc(C)c1. The molecule has 10 nitrogen and oxygen atoms in total. The number of hydrogen-bond donors (Lipinski definition) is 3. The molecule has 4 aromatic rings. The summed E-state index contributed by atoms with van der Waals surface area (Å²) < 4.78 is 16.4. The van der Waals surface area contributed by atoms with Crippen molar-refractivity contribution in [3.8, 4) is 11.4 Å². The van der Waals surface area contributed by atoms with E-state index in [1.807, 2.05) is 37.3 Å². The van der Waals surface area contributed by atoms with Crippen LogP contribution in [0, 0.1) is 6.92 Å². The Hall–Kier alpha value is -4.47. The fraction of sp³-hybridized carbons (Fsp3) is 0.136. The van der Waals surface area contributed by atoms with E-state index in [1.54, 1.807) is 18.2 Å². The molecule has 0 bridgehead atoms. The first-order chi connectivity index (χ1) is 16.3. The van der Waals surface area contributed by atoms with Crippen LogP contribution in [0.4, 0.5) is 0 Å². The number of amides is 2. The third-order valence-electron chi connectivity index (χ3n) is 4.48. The molecule has 2 aromatic heterocycles. The Labute approximate surface area is 186 Å². The van der Waals surface area contributed by atoms with Crippen LogP contribution in [0.5, 0.6) is 0 Å². The number of aromatic amines is 1. The van der Waals surface area contributed by atoms with Gasteiger partial charge in [0.25, 0.3) is 11.8 Å². The number of rotatable bonds is 7. The minimum Gasteiger partial charge on any atom is -0.347 e. The topological polar surface area (TPSA) is 138 Å². The van der Waals surface area contributed by atoms with E-state index in [0.29, 0.717) is 11.4 Å². The Morgan fingerprint density at radius 1 is 0.969 bits per heavy atom. The van der Waals surface area contributed by atoms with Crippen LogP contribution in [0.3, 0.4) is 0 Å². The Morgan fingerprint density at radius 3 is 2.41 bits per heavy atom. The van der Waals surface area contributed by atoms with Crippen LogP contribution < -0.4 is 10.6 Å². The van der Waals surface area contributed by atoms with Gasteiger partial charge in [-0.05, 0) is 23.3 Å². The number of benzene rings is 2. The molecule has 160 valence electrons. The van der Waals surface area contributed by atoms with E-state index in [1.165, 1.54) is 6.07 Å². The first-order valence-corrected chi connectivity index (χ1v) is 9.64. The molecule has 0 radical (unpaired) electrons. The third-order valence-corrected chi connectivity index (χ3v) is 4.48. The Balaban J connectivity index is 1.39. The van der Waals surface area contributed by atoms with E-state index < -0.39 is 18.3 Å². The van der Waals surface area contributed by atoms with Gasteiger partial charge in [0, 0.05) is 24.7 Å². The smallest absolute Gasteiger partial charge is 0.270 e. The molecule has 3 N–H and O–H groups in total. The summed E-state index contributed by atoms with van der Waals surface area (Å²) in [5.74, 6) is -0.797. The fourth-order valence-electron chi connectivity index (χ4n) is 2.85. The molecule has 2 aromatic carbocycles. The van der Waals surface area contributed by atoms with Crippen LogP contribution in [-0.4, -0.2) is 42.4 Å². The number of tetrazole rings is 1. The predicted molar refractivity (Wildman–Crippen MR) is 115 cm³/mol. The first-order valence-electron chi connectivity index (χ1n) is 10.6. The van der Waals surface area contributed by atoms with Crippen molar-refractivity contribution >= 4 is 11.8 Å². The average molecular weight is 430 g/mol. The molecule has 0 saturated heterocycles. The Bertz CT molecular complexity index is 1310. The largest absolute Gasteiger partial charge is 0.347 e. The minimum atomic E-state index is -2.12. The number of nitrogens with one attached hydrogen (secondary N) is 3. The molecule has 32 heavy (non-hydrogen) atoms. The number of aromatic nitrogens is 6. The van der Waals surface area contributed by atoms with Crippen LogP contribution in [0.15, 0.2) is 60.9 Å². The van der Waals surface area contributed by atoms with Gasteiger partial charge in [-0.1, -0.05) is 54.1 Å². The normalized spacial score (nSPS) is 11.9. The zero-order chi connectivity index (χ0) is 24.1. The zero-order valence-corrected chi connectivity index (χ0v) is 17.0. The average Bonchev–Trinajstić information content (AvgIpc) is 3.38. The standard InChI is InChI=1S/C22H20N8O2/c1-14-3-2-4-16(9-14)12-24-22(32)19-10-18(25-13-26-19)21(31)23-11-15-5-7-17(8-6-15)20-27-29-30-28-20/h2-10,13H,11-12H2,1H3,(H,23,31)(H,24,32)(H,27,28,29,30)/i12D2. The molecule has 2 heterocycles. The van der Waals surface area contributed by atoms with Crippen molar-refractivity contribution < 1.29 is 12.3 Å². The summed E-state index contributed by atoms with van der Waals surface area (Å²) in [6, 6.07) is 15.2. The summed E-state index contributed by atoms with van der Waals surface area (Å²) in [6.45, 7) is -0.0596. The highest BCUT2D eigenvalue weighted by molar-refractivity contribution is 5.97. The zero-order valence-electron chi connectivity index (χ0n) is 19.0. The van der Waals surface area contributed by atoms with Crippen molar-refractivity contribution in [2.45, 2.75) is 20.0 Å². The minimum absolute atomic E-state index is 0.0142. The lowest BCUT2D eigenvalue weighted by Crippen LogP contribution is -2.27. The summed E-state index contributed by atoms with van der Waals surface area (Å²) >= 11 is 0. The Kier molecular flexibility index (Phi) is 5.47. The van der Waals surface area contributed by atoms with E-state index >= 15 is 0 Å². The summed E-state index contributed by atoms with van der Waals surface area (Å²) in [5, 5.41) is 18.8. The molecular weight excluding hydrogens is 408 g/mol. The van der Waals surface area contributed by atoms with Crippen molar-refractivity contribution in [2.24, 2.45) is 0 Å². The van der Waals surface area contributed by atoms with Gasteiger partial charge in [-0.25, -0.2) is 9.97 Å². The van der Waals surface area contributed by atoms with Crippen molar-refractivity contribution in [3.63, 3.8) is 0 Å². The van der Waals surface area contributed by atoms with Gasteiger partial charge in [-0.2, -0.15) is 5.21 Å². The van der Waals surface area contributed by atoms with Gasteiger partial charge < -0.3 is 10.6 Å². The van der Waals surface area contributed by atoms with Gasteiger partial charge in [0.05, 0.1) is 2.74 Å². The molecule has 4 rings (SSSR count). The van der Waals surface area contributed by atoms with Gasteiger partial charge >= 0.3 is 0 Å². The summed E-state index contributed by atoms with van der Waals surface area (Å²) in [5.41, 5.74) is 2.64. The van der Waals surface area contributed by atoms with Crippen LogP contribution in [0.2, 0.25) is 0 Å². The summed E-state index contributed by atoms with van der Waals surface area (Å²) in [4.78, 5) is 33.0. The van der Waals surface area contributed by atoms with Gasteiger partial charge in [0.1, 0.15) is 17.7 Å². The van der Waals surface area contributed by atoms with Crippen LogP contribution >= 0.6 is 0 Å². The number of H-pyrrole nitrogens is 1. The van der Waals surface area contributed by atoms with Crippen molar-refractivity contribution in [1.29, 1.82) is 0 Å². The number of aryl methyl sites for hydroxylation is 1. The van der Waals surface area contributed by atoms with Gasteiger partial charge in [0.15, 0.2) is 0 Å². The number of hydrogen-bond acceptors (Lipinski definition) is 7. The van der Waals surface area contributed by atoms with Crippen LogP contribution in [-0.2, 0) is 13.0 Å². The Morgan fingerprint density at radius 2 is 1.72 bits per heavy atom. The molecule has 0 saturated carbocycles. The van der Waals surface area contributed by atoms with Gasteiger partial charge in [-0.3, -0.25) is 9.59 Å². The number of carbonyl (C=O) groups excluding carboxylic acids is 2. The second kappa shape index (κ2) is 9.56. The van der Waals surface area contributed by atoms with E-state index in [2.05, 4.69) is 41.2 Å². The second-order valence-corrected chi connectivity index (χ2v) is 6.85. The quantitative estimate of drug-likeness (QED) is 0.406. The molecule has 0 fully saturated rings. The lowest BCUT2D eigenvalue weighted by Gasteiger charge is -2.08. The maximum Gasteiger partial charge on any atom is 0.270 e. The maximum atomic E-state index is 12.6. The molecule has 0 aliphatic heterocycles. The van der Waals surface area contributed by atoms with E-state index in [9.17, 15) is 9.59 Å². The molecule has 0 spiro atoms. The van der Waals surface area contributed by atoms with E-state index in [-0.39, 0.29) is 17.9 Å². The molecule has 10 heteroatoms. The maximum absolute atomic E-state index is 12.6. The molecular formula is C22H20N8O2.